The van der Waals surface area contributed by atoms with Crippen LogP contribution in [0.2, 0.25) is 0 Å². The number of hydrogen-bond acceptors (Lipinski definition) is 7. The summed E-state index contributed by atoms with van der Waals surface area (Å²) in [6.07, 6.45) is 7.58. The highest BCUT2D eigenvalue weighted by Crippen LogP contribution is 2.46. The average molecular weight is 600 g/mol. The van der Waals surface area contributed by atoms with E-state index in [0.29, 0.717) is 23.4 Å². The van der Waals surface area contributed by atoms with Crippen molar-refractivity contribution in [3.8, 4) is 11.5 Å². The van der Waals surface area contributed by atoms with Gasteiger partial charge in [0.25, 0.3) is 11.8 Å². The Balaban J connectivity index is 1.23. The van der Waals surface area contributed by atoms with Gasteiger partial charge in [0.1, 0.15) is 5.60 Å². The molecule has 0 N–H and O–H groups in total. The Kier molecular flexibility index (Phi) is 8.53. The van der Waals surface area contributed by atoms with Crippen molar-refractivity contribution in [2.45, 2.75) is 45.1 Å². The monoisotopic (exact) mass is 599 g/mol. The van der Waals surface area contributed by atoms with Gasteiger partial charge >= 0.3 is 0 Å². The summed E-state index contributed by atoms with van der Waals surface area (Å²) in [7, 11) is 5.85. The zero-order valence-electron chi connectivity index (χ0n) is 26.7. The second-order valence-electron chi connectivity index (χ2n) is 13.3. The fourth-order valence-corrected chi connectivity index (χ4v) is 6.96. The van der Waals surface area contributed by atoms with Crippen LogP contribution in [0.25, 0.3) is 0 Å². The third-order valence-electron chi connectivity index (χ3n) is 9.32. The van der Waals surface area contributed by atoms with Crippen molar-refractivity contribution in [3.05, 3.63) is 65.2 Å². The molecule has 44 heavy (non-hydrogen) atoms. The molecule has 1 fully saturated rings. The van der Waals surface area contributed by atoms with Crippen LogP contribution in [0.15, 0.2) is 53.7 Å². The first-order valence-electron chi connectivity index (χ1n) is 15.9. The molecule has 3 heterocycles. The average Bonchev–Trinajstić information content (AvgIpc) is 3.36. The number of carbonyl (C=O) groups excluding carboxylic acids is 2. The number of nitrogens with zero attached hydrogens (tertiary/aromatic N) is 5. The molecule has 9 nitrogen and oxygen atoms in total. The Morgan fingerprint density at radius 2 is 1.73 bits per heavy atom. The molecule has 6 rings (SSSR count). The normalized spacial score (nSPS) is 22.9. The molecule has 0 bridgehead atoms. The highest BCUT2D eigenvalue weighted by molar-refractivity contribution is 6.12. The van der Waals surface area contributed by atoms with Gasteiger partial charge in [-0.1, -0.05) is 12.2 Å². The molecule has 2 aromatic rings. The van der Waals surface area contributed by atoms with Crippen molar-refractivity contribution < 1.29 is 19.1 Å². The summed E-state index contributed by atoms with van der Waals surface area (Å²) in [4.78, 5) is 33.8. The number of benzene rings is 2. The zero-order valence-corrected chi connectivity index (χ0v) is 26.7. The lowest BCUT2D eigenvalue weighted by Gasteiger charge is -2.37. The number of amides is 2. The highest BCUT2D eigenvalue weighted by atomic mass is 16.5. The van der Waals surface area contributed by atoms with Crippen molar-refractivity contribution in [1.82, 2.24) is 14.7 Å². The second-order valence-corrected chi connectivity index (χ2v) is 13.3. The number of ether oxygens (including phenoxy) is 2. The summed E-state index contributed by atoms with van der Waals surface area (Å²) in [5, 5.41) is 6.59. The molecule has 2 amide bonds. The van der Waals surface area contributed by atoms with Crippen LogP contribution in [0.5, 0.6) is 11.5 Å². The fraction of sp³-hybridized carbons (Fsp3) is 0.514. The summed E-state index contributed by atoms with van der Waals surface area (Å²) in [6.45, 7) is 9.53. The molecule has 0 unspecified atom stereocenters. The molecule has 4 aliphatic rings. The smallest absolute Gasteiger partial charge is 0.253 e. The Hall–Kier alpha value is -3.69. The second kappa shape index (κ2) is 12.4. The van der Waals surface area contributed by atoms with Gasteiger partial charge in [-0.05, 0) is 96.7 Å². The fourth-order valence-electron chi connectivity index (χ4n) is 6.96. The van der Waals surface area contributed by atoms with Gasteiger partial charge in [-0.25, -0.2) is 5.01 Å². The van der Waals surface area contributed by atoms with Gasteiger partial charge in [0.05, 0.1) is 24.4 Å². The lowest BCUT2D eigenvalue weighted by Crippen LogP contribution is -2.49. The van der Waals surface area contributed by atoms with E-state index >= 15 is 0 Å². The van der Waals surface area contributed by atoms with Crippen LogP contribution in [0.1, 0.15) is 54.6 Å². The number of hydrazone groups is 1. The van der Waals surface area contributed by atoms with E-state index in [1.54, 1.807) is 12.1 Å². The van der Waals surface area contributed by atoms with E-state index in [0.717, 1.165) is 81.1 Å². The molecule has 1 saturated heterocycles. The van der Waals surface area contributed by atoms with Crippen LogP contribution in [0, 0.1) is 11.8 Å². The van der Waals surface area contributed by atoms with Crippen LogP contribution in [-0.4, -0.2) is 98.3 Å². The quantitative estimate of drug-likeness (QED) is 0.418. The molecule has 0 spiro atoms. The van der Waals surface area contributed by atoms with E-state index in [1.807, 2.05) is 35.2 Å². The van der Waals surface area contributed by atoms with Crippen molar-refractivity contribution in [2.75, 3.05) is 65.5 Å². The number of carbonyl (C=O) groups is 2. The lowest BCUT2D eigenvalue weighted by atomic mass is 9.75. The summed E-state index contributed by atoms with van der Waals surface area (Å²) in [5.74, 6) is 1.30. The Morgan fingerprint density at radius 1 is 1.02 bits per heavy atom. The van der Waals surface area contributed by atoms with Crippen LogP contribution < -0.4 is 14.5 Å². The molecule has 1 aliphatic carbocycles. The Labute approximate surface area is 261 Å². The van der Waals surface area contributed by atoms with Crippen LogP contribution >= 0.6 is 0 Å². The number of fused-ring (bicyclic) bond motifs is 2. The van der Waals surface area contributed by atoms with Gasteiger partial charge in [0.2, 0.25) is 0 Å². The number of rotatable bonds is 8. The van der Waals surface area contributed by atoms with Gasteiger partial charge in [-0.15, -0.1) is 0 Å². The van der Waals surface area contributed by atoms with Crippen LogP contribution in [-0.2, 0) is 11.2 Å². The minimum absolute atomic E-state index is 0.00528. The predicted octanol–water partition coefficient (Wildman–Crippen LogP) is 4.45. The van der Waals surface area contributed by atoms with E-state index in [-0.39, 0.29) is 29.3 Å². The van der Waals surface area contributed by atoms with E-state index < -0.39 is 0 Å². The summed E-state index contributed by atoms with van der Waals surface area (Å²) < 4.78 is 12.0. The third-order valence-corrected chi connectivity index (χ3v) is 9.32. The number of methoxy groups -OCH3 is 1. The maximum atomic E-state index is 13.8. The predicted molar refractivity (Wildman–Crippen MR) is 173 cm³/mol. The van der Waals surface area contributed by atoms with E-state index in [4.69, 9.17) is 14.6 Å². The van der Waals surface area contributed by atoms with Crippen molar-refractivity contribution in [3.63, 3.8) is 0 Å². The number of hydrogen-bond donors (Lipinski definition) is 0. The lowest BCUT2D eigenvalue weighted by molar-refractivity contribution is -0.123. The molecule has 0 radical (unpaired) electrons. The zero-order chi connectivity index (χ0) is 31.0. The number of anilines is 1. The van der Waals surface area contributed by atoms with E-state index in [2.05, 4.69) is 56.0 Å². The SMILES string of the molecule is COc1ccc(C2=NN(c3ccc(C(=O)N4CCN(CCCN(C)C)CC4)cc3)C(=O)[C@@H]3CC=CC[C@H]23)c2c1OC(C)(C)C2. The maximum absolute atomic E-state index is 13.8. The first-order chi connectivity index (χ1) is 21.1. The van der Waals surface area contributed by atoms with Crippen molar-refractivity contribution in [2.24, 2.45) is 16.9 Å². The summed E-state index contributed by atoms with van der Waals surface area (Å²) >= 11 is 0. The van der Waals surface area contributed by atoms with Gasteiger partial charge in [0, 0.05) is 55.2 Å². The summed E-state index contributed by atoms with van der Waals surface area (Å²) in [5.41, 5.74) is 3.95. The van der Waals surface area contributed by atoms with Crippen LogP contribution in [0.4, 0.5) is 5.69 Å². The Morgan fingerprint density at radius 3 is 2.41 bits per heavy atom. The van der Waals surface area contributed by atoms with Gasteiger partial charge in [0.15, 0.2) is 11.5 Å². The highest BCUT2D eigenvalue weighted by Gasteiger charge is 2.43. The molecule has 0 aromatic heterocycles. The van der Waals surface area contributed by atoms with Crippen LogP contribution in [0.3, 0.4) is 0 Å². The minimum atomic E-state index is -0.358. The molecule has 2 atom stereocenters. The van der Waals surface area contributed by atoms with Gasteiger partial charge < -0.3 is 19.3 Å². The number of piperazine rings is 1. The maximum Gasteiger partial charge on any atom is 0.253 e. The van der Waals surface area contributed by atoms with Gasteiger partial charge in [-0.2, -0.15) is 5.10 Å². The molecule has 3 aliphatic heterocycles. The molecule has 2 aromatic carbocycles. The van der Waals surface area contributed by atoms with Gasteiger partial charge in [-0.3, -0.25) is 14.5 Å². The summed E-state index contributed by atoms with van der Waals surface area (Å²) in [6, 6.07) is 11.4. The van der Waals surface area contributed by atoms with E-state index in [1.165, 1.54) is 0 Å². The number of allylic oxidation sites excluding steroid dienone is 2. The van der Waals surface area contributed by atoms with Crippen molar-refractivity contribution >= 4 is 23.2 Å². The topological polar surface area (TPSA) is 77.9 Å². The molecular formula is C35H45N5O4. The minimum Gasteiger partial charge on any atom is -0.493 e. The molecular weight excluding hydrogens is 554 g/mol. The van der Waals surface area contributed by atoms with Crippen molar-refractivity contribution in [1.29, 1.82) is 0 Å². The largest absolute Gasteiger partial charge is 0.493 e. The first kappa shape index (κ1) is 30.3. The third kappa shape index (κ3) is 6.00. The first-order valence-corrected chi connectivity index (χ1v) is 15.9. The standard InChI is InChI=1S/C35H45N5O4/c1-35(2)23-29-27(15-16-30(43-5)32(29)44-35)31-26-9-6-7-10-28(26)34(42)40(36-31)25-13-11-24(12-14-25)33(41)39-21-19-38(20-22-39)18-8-17-37(3)4/h6-7,11-16,26,28H,8-10,17-23H2,1-5H3/t26-,28+/m0/s1. The molecule has 9 heteroatoms. The molecule has 0 saturated carbocycles. The molecule has 234 valence electrons. The van der Waals surface area contributed by atoms with E-state index in [9.17, 15) is 9.59 Å². The Bertz CT molecular complexity index is 1460.